The molecule has 0 aliphatic carbocycles. The Bertz CT molecular complexity index is 373. The zero-order valence-electron chi connectivity index (χ0n) is 7.78. The predicted molar refractivity (Wildman–Crippen MR) is 51.6 cm³/mol. The second kappa shape index (κ2) is 2.73. The van der Waals surface area contributed by atoms with Crippen molar-refractivity contribution in [1.82, 2.24) is 20.1 Å². The van der Waals surface area contributed by atoms with E-state index in [9.17, 15) is 0 Å². The van der Waals surface area contributed by atoms with Crippen LogP contribution in [0.3, 0.4) is 0 Å². The molecule has 4 heteroatoms. The quantitative estimate of drug-likeness (QED) is 0.703. The maximum atomic E-state index is 4.11. The summed E-state index contributed by atoms with van der Waals surface area (Å²) >= 11 is 0. The van der Waals surface area contributed by atoms with Crippen molar-refractivity contribution in [2.75, 3.05) is 0 Å². The van der Waals surface area contributed by atoms with Crippen molar-refractivity contribution in [1.29, 1.82) is 0 Å². The van der Waals surface area contributed by atoms with Crippen LogP contribution in [0.25, 0.3) is 11.9 Å². The Kier molecular flexibility index (Phi) is 1.69. The Morgan fingerprint density at radius 3 is 2.92 bits per heavy atom. The van der Waals surface area contributed by atoms with Gasteiger partial charge in [0.15, 0.2) is 5.82 Å². The highest BCUT2D eigenvalue weighted by Gasteiger charge is 2.16. The van der Waals surface area contributed by atoms with Gasteiger partial charge in [0.2, 0.25) is 0 Å². The Labute approximate surface area is 77.0 Å². The molecule has 0 unspecified atom stereocenters. The van der Waals surface area contributed by atoms with Crippen LogP contribution in [0, 0.1) is 0 Å². The predicted octanol–water partition coefficient (Wildman–Crippen LogP) is 1.40. The number of aromatic nitrogens is 3. The second-order valence-corrected chi connectivity index (χ2v) is 3.35. The molecule has 0 bridgehead atoms. The summed E-state index contributed by atoms with van der Waals surface area (Å²) in [5.41, 5.74) is 0.793. The van der Waals surface area contributed by atoms with Crippen molar-refractivity contribution in [3.63, 3.8) is 0 Å². The van der Waals surface area contributed by atoms with Crippen LogP contribution in [0.2, 0.25) is 0 Å². The van der Waals surface area contributed by atoms with Crippen molar-refractivity contribution in [3.8, 4) is 0 Å². The third-order valence-corrected chi connectivity index (χ3v) is 1.99. The normalized spacial score (nSPS) is 14.5. The summed E-state index contributed by atoms with van der Waals surface area (Å²) in [5.74, 6) is 2.14. The molecule has 1 N–H and O–H groups in total. The second-order valence-electron chi connectivity index (χ2n) is 3.35. The van der Waals surface area contributed by atoms with E-state index in [1.807, 2.05) is 17.0 Å². The van der Waals surface area contributed by atoms with E-state index in [-0.39, 0.29) is 0 Å². The summed E-state index contributed by atoms with van der Waals surface area (Å²) < 4.78 is 1.96. The molecule has 13 heavy (non-hydrogen) atoms. The van der Waals surface area contributed by atoms with E-state index in [0.29, 0.717) is 5.92 Å². The monoisotopic (exact) mass is 176 g/mol. The largest absolute Gasteiger partial charge is 0.358 e. The van der Waals surface area contributed by atoms with Crippen molar-refractivity contribution in [2.45, 2.75) is 19.8 Å². The maximum absolute atomic E-state index is 4.11. The van der Waals surface area contributed by atoms with Crippen LogP contribution in [0.5, 0.6) is 0 Å². The van der Waals surface area contributed by atoms with Gasteiger partial charge in [-0.05, 0) is 0 Å². The average molecular weight is 176 g/mol. The lowest BCUT2D eigenvalue weighted by Gasteiger charge is -2.13. The Morgan fingerprint density at radius 1 is 1.46 bits per heavy atom. The number of fused-ring (bicyclic) bond motifs is 1. The van der Waals surface area contributed by atoms with Crippen molar-refractivity contribution < 1.29 is 0 Å². The molecule has 1 aliphatic heterocycles. The van der Waals surface area contributed by atoms with E-state index in [1.165, 1.54) is 0 Å². The first-order chi connectivity index (χ1) is 6.20. The van der Waals surface area contributed by atoms with E-state index in [1.54, 1.807) is 0 Å². The molecule has 4 nitrogen and oxygen atoms in total. The van der Waals surface area contributed by atoms with Crippen LogP contribution in [-0.4, -0.2) is 14.8 Å². The lowest BCUT2D eigenvalue weighted by molar-refractivity contribution is 0.753. The number of hydrogen-bond donors (Lipinski definition) is 1. The van der Waals surface area contributed by atoms with Crippen LogP contribution in [0.15, 0.2) is 12.8 Å². The Balaban J connectivity index is 2.55. The van der Waals surface area contributed by atoms with E-state index < -0.39 is 0 Å². The van der Waals surface area contributed by atoms with Crippen LogP contribution in [-0.2, 0) is 0 Å². The number of rotatable bonds is 1. The SMILES string of the molecule is C=C1NC=Cn2c1nnc2C(C)C. The first kappa shape index (κ1) is 8.04. The van der Waals surface area contributed by atoms with Gasteiger partial charge in [0.05, 0.1) is 5.70 Å². The molecule has 0 aromatic carbocycles. The maximum Gasteiger partial charge on any atom is 0.183 e. The summed E-state index contributed by atoms with van der Waals surface area (Å²) in [6.45, 7) is 8.03. The highest BCUT2D eigenvalue weighted by atomic mass is 15.3. The van der Waals surface area contributed by atoms with Crippen LogP contribution in [0.1, 0.15) is 31.4 Å². The molecule has 0 atom stereocenters. The van der Waals surface area contributed by atoms with E-state index in [4.69, 9.17) is 0 Å². The van der Waals surface area contributed by atoms with Crippen molar-refractivity contribution >= 4 is 11.9 Å². The molecule has 1 aliphatic rings. The van der Waals surface area contributed by atoms with Gasteiger partial charge in [0.25, 0.3) is 0 Å². The summed E-state index contributed by atoms with van der Waals surface area (Å²) in [6.07, 6.45) is 3.75. The van der Waals surface area contributed by atoms with Gasteiger partial charge in [-0.25, -0.2) is 0 Å². The van der Waals surface area contributed by atoms with Gasteiger partial charge in [-0.2, -0.15) is 0 Å². The smallest absolute Gasteiger partial charge is 0.183 e. The highest BCUT2D eigenvalue weighted by Crippen LogP contribution is 2.19. The standard InChI is InChI=1S/C9H12N4/c1-6(2)8-11-12-9-7(3)10-4-5-13(8)9/h4-6,10H,3H2,1-2H3. The Hall–Kier alpha value is -1.58. The fraction of sp³-hybridized carbons (Fsp3) is 0.333. The fourth-order valence-corrected chi connectivity index (χ4v) is 1.33. The summed E-state index contributed by atoms with van der Waals surface area (Å²) in [7, 11) is 0. The van der Waals surface area contributed by atoms with Gasteiger partial charge < -0.3 is 5.32 Å². The van der Waals surface area contributed by atoms with Gasteiger partial charge in [-0.3, -0.25) is 4.57 Å². The zero-order chi connectivity index (χ0) is 9.42. The van der Waals surface area contributed by atoms with Crippen molar-refractivity contribution in [2.24, 2.45) is 0 Å². The van der Waals surface area contributed by atoms with Gasteiger partial charge in [0, 0.05) is 18.3 Å². The Morgan fingerprint density at radius 2 is 2.23 bits per heavy atom. The van der Waals surface area contributed by atoms with Crippen LogP contribution < -0.4 is 5.32 Å². The number of nitrogens with zero attached hydrogens (tertiary/aromatic N) is 3. The third-order valence-electron chi connectivity index (χ3n) is 1.99. The topological polar surface area (TPSA) is 42.7 Å². The zero-order valence-corrected chi connectivity index (χ0v) is 7.78. The fourth-order valence-electron chi connectivity index (χ4n) is 1.33. The first-order valence-corrected chi connectivity index (χ1v) is 4.27. The lowest BCUT2D eigenvalue weighted by atomic mass is 10.2. The first-order valence-electron chi connectivity index (χ1n) is 4.27. The third kappa shape index (κ3) is 1.14. The van der Waals surface area contributed by atoms with Gasteiger partial charge >= 0.3 is 0 Å². The van der Waals surface area contributed by atoms with E-state index in [2.05, 4.69) is 35.9 Å². The molecule has 2 heterocycles. The molecule has 0 radical (unpaired) electrons. The van der Waals surface area contributed by atoms with Crippen LogP contribution in [0.4, 0.5) is 0 Å². The molecule has 0 saturated carbocycles. The molecular weight excluding hydrogens is 164 g/mol. The minimum absolute atomic E-state index is 0.372. The molecule has 1 aromatic heterocycles. The lowest BCUT2D eigenvalue weighted by Crippen LogP contribution is -2.14. The van der Waals surface area contributed by atoms with Gasteiger partial charge in [-0.1, -0.05) is 20.4 Å². The number of nitrogens with one attached hydrogen (secondary N) is 1. The van der Waals surface area contributed by atoms with Gasteiger partial charge in [-0.15, -0.1) is 10.2 Å². The minimum atomic E-state index is 0.372. The molecular formula is C9H12N4. The highest BCUT2D eigenvalue weighted by molar-refractivity contribution is 5.62. The molecule has 68 valence electrons. The molecule has 0 amide bonds. The molecule has 0 spiro atoms. The van der Waals surface area contributed by atoms with E-state index in [0.717, 1.165) is 17.3 Å². The van der Waals surface area contributed by atoms with Crippen LogP contribution >= 0.6 is 0 Å². The van der Waals surface area contributed by atoms with E-state index >= 15 is 0 Å². The van der Waals surface area contributed by atoms with Crippen molar-refractivity contribution in [3.05, 3.63) is 24.4 Å². The van der Waals surface area contributed by atoms with Gasteiger partial charge in [0.1, 0.15) is 5.82 Å². The molecule has 0 fully saturated rings. The molecule has 1 aromatic rings. The number of hydrogen-bond acceptors (Lipinski definition) is 3. The average Bonchev–Trinajstić information content (AvgIpc) is 2.48. The molecule has 2 rings (SSSR count). The summed E-state index contributed by atoms with van der Waals surface area (Å²) in [5, 5.41) is 11.2. The summed E-state index contributed by atoms with van der Waals surface area (Å²) in [4.78, 5) is 0. The molecule has 0 saturated heterocycles. The summed E-state index contributed by atoms with van der Waals surface area (Å²) in [6, 6.07) is 0. The minimum Gasteiger partial charge on any atom is -0.358 e.